The van der Waals surface area contributed by atoms with Gasteiger partial charge in [0.2, 0.25) is 0 Å². The third-order valence-corrected chi connectivity index (χ3v) is 3.06. The normalized spacial score (nSPS) is 14.1. The van der Waals surface area contributed by atoms with E-state index in [1.54, 1.807) is 26.0 Å². The topological polar surface area (TPSA) is 54.4 Å². The summed E-state index contributed by atoms with van der Waals surface area (Å²) in [5, 5.41) is 8.91. The van der Waals surface area contributed by atoms with Crippen LogP contribution in [0.15, 0.2) is 18.2 Å². The maximum absolute atomic E-state index is 12.1. The smallest absolute Gasteiger partial charge is 0.306 e. The molecular weight excluding hydrogens is 216 g/mol. The van der Waals surface area contributed by atoms with E-state index in [1.165, 1.54) is 0 Å². The highest BCUT2D eigenvalue weighted by Crippen LogP contribution is 2.19. The van der Waals surface area contributed by atoms with Crippen molar-refractivity contribution in [1.29, 1.82) is 0 Å². The van der Waals surface area contributed by atoms with Crippen molar-refractivity contribution >= 4 is 11.8 Å². The van der Waals surface area contributed by atoms with Crippen LogP contribution >= 0.6 is 0 Å². The van der Waals surface area contributed by atoms with Crippen LogP contribution in [0.3, 0.4) is 0 Å². The monoisotopic (exact) mass is 234 g/mol. The molecule has 0 fully saturated rings. The van der Waals surface area contributed by atoms with Crippen LogP contribution in [0, 0.1) is 25.7 Å². The van der Waals surface area contributed by atoms with Gasteiger partial charge in [-0.05, 0) is 26.0 Å². The van der Waals surface area contributed by atoms with Crippen LogP contribution in [0.4, 0.5) is 0 Å². The van der Waals surface area contributed by atoms with Crippen molar-refractivity contribution in [1.82, 2.24) is 0 Å². The molecule has 2 atom stereocenters. The van der Waals surface area contributed by atoms with Gasteiger partial charge >= 0.3 is 5.97 Å². The fourth-order valence-electron chi connectivity index (χ4n) is 1.82. The summed E-state index contributed by atoms with van der Waals surface area (Å²) in [7, 11) is 0. The van der Waals surface area contributed by atoms with Gasteiger partial charge < -0.3 is 5.11 Å². The first-order valence-corrected chi connectivity index (χ1v) is 5.68. The van der Waals surface area contributed by atoms with Gasteiger partial charge in [-0.25, -0.2) is 0 Å². The Balaban J connectivity index is 3.00. The van der Waals surface area contributed by atoms with Crippen LogP contribution in [0.25, 0.3) is 0 Å². The van der Waals surface area contributed by atoms with Crippen LogP contribution in [0.2, 0.25) is 0 Å². The summed E-state index contributed by atoms with van der Waals surface area (Å²) in [6.07, 6.45) is 0. The molecule has 0 aliphatic carbocycles. The van der Waals surface area contributed by atoms with E-state index in [0.717, 1.165) is 11.1 Å². The first-order valence-electron chi connectivity index (χ1n) is 5.68. The van der Waals surface area contributed by atoms with Gasteiger partial charge in [0.25, 0.3) is 0 Å². The molecule has 3 nitrogen and oxygen atoms in total. The van der Waals surface area contributed by atoms with Crippen molar-refractivity contribution < 1.29 is 14.7 Å². The molecule has 1 aromatic rings. The molecule has 0 amide bonds. The van der Waals surface area contributed by atoms with Crippen LogP contribution in [-0.4, -0.2) is 16.9 Å². The summed E-state index contributed by atoms with van der Waals surface area (Å²) < 4.78 is 0. The maximum Gasteiger partial charge on any atom is 0.306 e. The van der Waals surface area contributed by atoms with E-state index < -0.39 is 17.8 Å². The van der Waals surface area contributed by atoms with Crippen LogP contribution in [-0.2, 0) is 4.79 Å². The third-order valence-electron chi connectivity index (χ3n) is 3.06. The summed E-state index contributed by atoms with van der Waals surface area (Å²) in [5.74, 6) is -2.21. The van der Waals surface area contributed by atoms with E-state index >= 15 is 0 Å². The molecule has 0 heterocycles. The predicted octanol–water partition coefficient (Wildman–Crippen LogP) is 2.84. The minimum Gasteiger partial charge on any atom is -0.481 e. The van der Waals surface area contributed by atoms with E-state index in [4.69, 9.17) is 5.11 Å². The number of carboxylic acid groups (broad SMARTS) is 1. The Morgan fingerprint density at radius 1 is 1.00 bits per heavy atom. The quantitative estimate of drug-likeness (QED) is 0.815. The number of aliphatic carboxylic acids is 1. The van der Waals surface area contributed by atoms with Gasteiger partial charge in [0.1, 0.15) is 0 Å². The number of carboxylic acids is 1. The average Bonchev–Trinajstić information content (AvgIpc) is 2.24. The van der Waals surface area contributed by atoms with Gasteiger partial charge in [-0.3, -0.25) is 9.59 Å². The Hall–Kier alpha value is -1.64. The Morgan fingerprint density at radius 3 is 1.88 bits per heavy atom. The first kappa shape index (κ1) is 13.4. The van der Waals surface area contributed by atoms with Crippen molar-refractivity contribution in [3.63, 3.8) is 0 Å². The van der Waals surface area contributed by atoms with E-state index in [0.29, 0.717) is 5.56 Å². The molecule has 92 valence electrons. The minimum atomic E-state index is -0.935. The molecule has 0 aromatic heterocycles. The van der Waals surface area contributed by atoms with Crippen LogP contribution in [0.5, 0.6) is 0 Å². The summed E-state index contributed by atoms with van der Waals surface area (Å²) in [6, 6.07) is 5.60. The van der Waals surface area contributed by atoms with E-state index in [9.17, 15) is 9.59 Å². The van der Waals surface area contributed by atoms with Crippen LogP contribution < -0.4 is 0 Å². The predicted molar refractivity (Wildman–Crippen MR) is 66.2 cm³/mol. The van der Waals surface area contributed by atoms with Crippen molar-refractivity contribution in [3.8, 4) is 0 Å². The molecule has 0 saturated carbocycles. The number of carbonyl (C=O) groups is 2. The lowest BCUT2D eigenvalue weighted by atomic mass is 9.87. The minimum absolute atomic E-state index is 0.105. The fraction of sp³-hybridized carbons (Fsp3) is 0.429. The Morgan fingerprint density at radius 2 is 1.47 bits per heavy atom. The van der Waals surface area contributed by atoms with Crippen LogP contribution in [0.1, 0.15) is 35.3 Å². The zero-order valence-electron chi connectivity index (χ0n) is 10.7. The molecule has 1 aromatic carbocycles. The van der Waals surface area contributed by atoms with E-state index in [2.05, 4.69) is 0 Å². The molecule has 3 heteroatoms. The summed E-state index contributed by atoms with van der Waals surface area (Å²) in [4.78, 5) is 23.0. The lowest BCUT2D eigenvalue weighted by Crippen LogP contribution is -2.25. The SMILES string of the molecule is Cc1cc(C)cc(C(=O)C(C)C(C)C(=O)O)c1. The highest BCUT2D eigenvalue weighted by Gasteiger charge is 2.26. The molecule has 0 spiro atoms. The zero-order valence-corrected chi connectivity index (χ0v) is 10.7. The number of ketones is 1. The van der Waals surface area contributed by atoms with Crippen molar-refractivity contribution in [2.75, 3.05) is 0 Å². The van der Waals surface area contributed by atoms with Crippen molar-refractivity contribution in [3.05, 3.63) is 34.9 Å². The number of aryl methyl sites for hydroxylation is 2. The summed E-state index contributed by atoms with van der Waals surface area (Å²) in [6.45, 7) is 7.08. The number of hydrogen-bond acceptors (Lipinski definition) is 2. The number of carbonyl (C=O) groups excluding carboxylic acids is 1. The van der Waals surface area contributed by atoms with Gasteiger partial charge in [0.05, 0.1) is 5.92 Å². The zero-order chi connectivity index (χ0) is 13.2. The molecule has 0 aliphatic heterocycles. The van der Waals surface area contributed by atoms with Gasteiger partial charge in [-0.1, -0.05) is 31.0 Å². The maximum atomic E-state index is 12.1. The molecular formula is C14H18O3. The second-order valence-electron chi connectivity index (χ2n) is 4.66. The highest BCUT2D eigenvalue weighted by atomic mass is 16.4. The summed E-state index contributed by atoms with van der Waals surface area (Å²) >= 11 is 0. The molecule has 0 radical (unpaired) electrons. The largest absolute Gasteiger partial charge is 0.481 e. The van der Waals surface area contributed by atoms with Gasteiger partial charge in [0.15, 0.2) is 5.78 Å². The summed E-state index contributed by atoms with van der Waals surface area (Å²) in [5.41, 5.74) is 2.63. The second kappa shape index (κ2) is 5.13. The van der Waals surface area contributed by atoms with Crippen molar-refractivity contribution in [2.45, 2.75) is 27.7 Å². The number of Topliss-reactive ketones (excluding diaryl/α,β-unsaturated/α-hetero) is 1. The number of hydrogen-bond donors (Lipinski definition) is 1. The second-order valence-corrected chi connectivity index (χ2v) is 4.66. The number of rotatable bonds is 4. The fourth-order valence-corrected chi connectivity index (χ4v) is 1.82. The van der Waals surface area contributed by atoms with Crippen molar-refractivity contribution in [2.24, 2.45) is 11.8 Å². The molecule has 0 bridgehead atoms. The van der Waals surface area contributed by atoms with E-state index in [-0.39, 0.29) is 5.78 Å². The molecule has 1 rings (SSSR count). The highest BCUT2D eigenvalue weighted by molar-refractivity contribution is 5.99. The number of benzene rings is 1. The lowest BCUT2D eigenvalue weighted by molar-refractivity contribution is -0.142. The Kier molecular flexibility index (Phi) is 4.05. The Bertz CT molecular complexity index is 429. The molecule has 2 unspecified atom stereocenters. The van der Waals surface area contributed by atoms with E-state index in [1.807, 2.05) is 19.9 Å². The van der Waals surface area contributed by atoms with Gasteiger partial charge in [-0.2, -0.15) is 0 Å². The van der Waals surface area contributed by atoms with Gasteiger partial charge in [-0.15, -0.1) is 0 Å². The first-order chi connectivity index (χ1) is 7.82. The molecule has 0 aliphatic rings. The third kappa shape index (κ3) is 3.16. The Labute approximate surface area is 101 Å². The lowest BCUT2D eigenvalue weighted by Gasteiger charge is -2.15. The molecule has 1 N–H and O–H groups in total. The standard InChI is InChI=1S/C14H18O3/c1-8-5-9(2)7-12(6-8)13(15)10(3)11(4)14(16)17/h5-7,10-11H,1-4H3,(H,16,17). The van der Waals surface area contributed by atoms with Gasteiger partial charge in [0, 0.05) is 11.5 Å². The molecule has 17 heavy (non-hydrogen) atoms. The molecule has 0 saturated heterocycles. The average molecular weight is 234 g/mol.